The van der Waals surface area contributed by atoms with Crippen LogP contribution in [0.1, 0.15) is 13.8 Å². The molecule has 2 saturated heterocycles. The molecule has 0 radical (unpaired) electrons. The molecule has 0 amide bonds. The van der Waals surface area contributed by atoms with Crippen molar-refractivity contribution in [1.82, 2.24) is 0 Å². The number of hydrogen-bond acceptors (Lipinski definition) is 7. The Morgan fingerprint density at radius 3 is 1.38 bits per heavy atom. The van der Waals surface area contributed by atoms with Gasteiger partial charge in [0.05, 0.1) is 39.6 Å². The topological polar surface area (TPSA) is 64.6 Å². The minimum absolute atomic E-state index is 0.150. The summed E-state index contributed by atoms with van der Waals surface area (Å²) in [5, 5.41) is 0. The van der Waals surface area contributed by atoms with Gasteiger partial charge in [-0.05, 0) is 0 Å². The summed E-state index contributed by atoms with van der Waals surface area (Å²) < 4.78 is 38.0. The average Bonchev–Trinajstić information content (AvgIpc) is 2.49. The fourth-order valence-electron chi connectivity index (χ4n) is 1.91. The summed E-state index contributed by atoms with van der Waals surface area (Å²) in [5.41, 5.74) is -0.299. The minimum atomic E-state index is -1.18. The van der Waals surface area contributed by atoms with E-state index < -0.39 is 17.2 Å². The van der Waals surface area contributed by atoms with E-state index in [1.165, 1.54) is 0 Å². The Labute approximate surface area is 128 Å². The van der Waals surface area contributed by atoms with Crippen molar-refractivity contribution in [3.63, 3.8) is 0 Å². The smallest absolute Gasteiger partial charge is 0.332 e. The monoisotopic (exact) mass is 342 g/mol. The van der Waals surface area contributed by atoms with Gasteiger partial charge in [-0.15, -0.1) is 0 Å². The third-order valence-electron chi connectivity index (χ3n) is 3.27. The van der Waals surface area contributed by atoms with E-state index in [1.807, 2.05) is 0 Å². The van der Waals surface area contributed by atoms with E-state index in [4.69, 9.17) is 31.9 Å². The molecule has 124 valence electrons. The van der Waals surface area contributed by atoms with Crippen LogP contribution in [-0.4, -0.2) is 53.9 Å². The Kier molecular flexibility index (Phi) is 6.75. The summed E-state index contributed by atoms with van der Waals surface area (Å²) in [4.78, 5) is 0. The Morgan fingerprint density at radius 2 is 1.10 bits per heavy atom. The van der Waals surface area contributed by atoms with Crippen LogP contribution < -0.4 is 0 Å². The quantitative estimate of drug-likeness (QED) is 0.688. The number of hydrogen-bond donors (Lipinski definition) is 0. The normalized spacial score (nSPS) is 41.1. The molecule has 0 unspecified atom stereocenters. The van der Waals surface area contributed by atoms with E-state index in [-0.39, 0.29) is 10.8 Å². The summed E-state index contributed by atoms with van der Waals surface area (Å²) in [5.74, 6) is 0. The highest BCUT2D eigenvalue weighted by Crippen LogP contribution is 2.47. The second kappa shape index (κ2) is 7.91. The van der Waals surface area contributed by atoms with Crippen molar-refractivity contribution in [1.29, 1.82) is 0 Å². The fraction of sp³-hybridized carbons (Fsp3) is 1.00. The predicted octanol–water partition coefficient (Wildman–Crippen LogP) is 2.86. The Morgan fingerprint density at radius 1 is 0.762 bits per heavy atom. The molecule has 7 nitrogen and oxygen atoms in total. The third kappa shape index (κ3) is 5.31. The van der Waals surface area contributed by atoms with Crippen molar-refractivity contribution in [3.8, 4) is 0 Å². The van der Waals surface area contributed by atoms with Gasteiger partial charge in [-0.2, -0.15) is 0 Å². The lowest BCUT2D eigenvalue weighted by atomic mass is 9.92. The van der Waals surface area contributed by atoms with Crippen LogP contribution in [0.5, 0.6) is 0 Å². The lowest BCUT2D eigenvalue weighted by Gasteiger charge is -2.38. The molecule has 2 rings (SSSR count). The molecular formula is C12H24O7P2. The predicted molar refractivity (Wildman–Crippen MR) is 78.7 cm³/mol. The molecule has 0 atom stereocenters. The van der Waals surface area contributed by atoms with E-state index in [1.54, 1.807) is 14.2 Å². The van der Waals surface area contributed by atoms with Gasteiger partial charge in [0.25, 0.3) is 0 Å². The first-order valence-corrected chi connectivity index (χ1v) is 8.96. The van der Waals surface area contributed by atoms with Crippen LogP contribution in [0.3, 0.4) is 0 Å². The maximum absolute atomic E-state index is 5.87. The zero-order chi connectivity index (χ0) is 15.3. The van der Waals surface area contributed by atoms with Crippen molar-refractivity contribution >= 4 is 17.2 Å². The highest BCUT2D eigenvalue weighted by Gasteiger charge is 2.37. The van der Waals surface area contributed by atoms with Gasteiger partial charge >= 0.3 is 17.2 Å². The van der Waals surface area contributed by atoms with E-state index in [0.717, 1.165) is 0 Å². The van der Waals surface area contributed by atoms with Gasteiger partial charge in [0.1, 0.15) is 0 Å². The van der Waals surface area contributed by atoms with E-state index >= 15 is 0 Å². The minimum Gasteiger partial charge on any atom is -0.380 e. The van der Waals surface area contributed by atoms with Crippen LogP contribution >= 0.6 is 17.2 Å². The van der Waals surface area contributed by atoms with Crippen LogP contribution in [0.4, 0.5) is 0 Å². The van der Waals surface area contributed by atoms with Crippen LogP contribution in [0.15, 0.2) is 0 Å². The van der Waals surface area contributed by atoms with Gasteiger partial charge in [0, 0.05) is 25.0 Å². The van der Waals surface area contributed by atoms with Crippen molar-refractivity contribution < 1.29 is 31.9 Å². The van der Waals surface area contributed by atoms with Gasteiger partial charge in [-0.3, -0.25) is 0 Å². The highest BCUT2D eigenvalue weighted by atomic mass is 31.2. The Bertz CT molecular complexity index is 285. The lowest BCUT2D eigenvalue weighted by molar-refractivity contribution is -0.0810. The first-order valence-electron chi connectivity index (χ1n) is 6.77. The van der Waals surface area contributed by atoms with Crippen LogP contribution in [0, 0.1) is 10.8 Å². The summed E-state index contributed by atoms with van der Waals surface area (Å²) >= 11 is 0. The van der Waals surface area contributed by atoms with E-state index in [0.29, 0.717) is 39.6 Å². The molecule has 0 saturated carbocycles. The molecule has 0 bridgehead atoms. The van der Waals surface area contributed by atoms with Gasteiger partial charge in [0.2, 0.25) is 0 Å². The molecule has 0 aromatic heterocycles. The molecule has 2 aliphatic heterocycles. The van der Waals surface area contributed by atoms with Crippen LogP contribution in [0.2, 0.25) is 0 Å². The zero-order valence-corrected chi connectivity index (χ0v) is 14.8. The summed E-state index contributed by atoms with van der Waals surface area (Å²) in [6.07, 6.45) is 0. The molecule has 0 aliphatic carbocycles. The fourth-order valence-corrected chi connectivity index (χ4v) is 4.15. The Hall–Kier alpha value is 0.580. The molecule has 2 aliphatic rings. The van der Waals surface area contributed by atoms with E-state index in [9.17, 15) is 0 Å². The molecule has 2 fully saturated rings. The van der Waals surface area contributed by atoms with Crippen molar-refractivity contribution in [2.24, 2.45) is 10.8 Å². The second-order valence-corrected chi connectivity index (χ2v) is 8.68. The molecule has 21 heavy (non-hydrogen) atoms. The maximum atomic E-state index is 5.87. The summed E-state index contributed by atoms with van der Waals surface area (Å²) in [6, 6.07) is 0. The SMILES string of the molecule is COP1OCC(C)(COCC2(C)COP(OC)OC2)CO1. The van der Waals surface area contributed by atoms with Crippen molar-refractivity contribution in [3.05, 3.63) is 0 Å². The van der Waals surface area contributed by atoms with Gasteiger partial charge in [0.15, 0.2) is 0 Å². The lowest BCUT2D eigenvalue weighted by Crippen LogP contribution is -2.40. The van der Waals surface area contributed by atoms with Gasteiger partial charge in [-0.1, -0.05) is 13.8 Å². The number of ether oxygens (including phenoxy) is 1. The highest BCUT2D eigenvalue weighted by molar-refractivity contribution is 7.41. The standard InChI is InChI=1S/C12H24O7P2/c1-11(7-16-20(13-3)17-8-11)5-15-6-12(2)9-18-21(14-4)19-10-12/h5-10H2,1-4H3. The largest absolute Gasteiger partial charge is 0.380 e. The van der Waals surface area contributed by atoms with Crippen molar-refractivity contribution in [2.75, 3.05) is 53.9 Å². The average molecular weight is 342 g/mol. The molecule has 9 heteroatoms. The molecule has 0 aromatic rings. The first-order chi connectivity index (χ1) is 9.99. The molecule has 0 aromatic carbocycles. The zero-order valence-electron chi connectivity index (χ0n) is 13.0. The first kappa shape index (κ1) is 17.9. The maximum Gasteiger partial charge on any atom is 0.332 e. The summed E-state index contributed by atoms with van der Waals surface area (Å²) in [6.45, 7) is 7.58. The number of rotatable bonds is 6. The Balaban J connectivity index is 1.69. The molecular weight excluding hydrogens is 318 g/mol. The third-order valence-corrected chi connectivity index (χ3v) is 5.23. The molecule has 2 heterocycles. The van der Waals surface area contributed by atoms with Gasteiger partial charge < -0.3 is 31.9 Å². The van der Waals surface area contributed by atoms with E-state index in [2.05, 4.69) is 13.8 Å². The van der Waals surface area contributed by atoms with Crippen LogP contribution in [0.25, 0.3) is 0 Å². The second-order valence-electron chi connectivity index (χ2n) is 6.02. The van der Waals surface area contributed by atoms with Crippen LogP contribution in [-0.2, 0) is 31.9 Å². The summed E-state index contributed by atoms with van der Waals surface area (Å²) in [7, 11) is 0.815. The molecule has 0 N–H and O–H groups in total. The molecule has 0 spiro atoms. The van der Waals surface area contributed by atoms with Crippen molar-refractivity contribution in [2.45, 2.75) is 13.8 Å². The van der Waals surface area contributed by atoms with Gasteiger partial charge in [-0.25, -0.2) is 0 Å².